The topological polar surface area (TPSA) is 50.9 Å². The average Bonchev–Trinajstić information content (AvgIpc) is 2.50. The Hall–Kier alpha value is -1.42. The molecule has 2 atom stereocenters. The number of nitrogens with one attached hydrogen (secondary N) is 1. The van der Waals surface area contributed by atoms with Crippen molar-refractivity contribution in [2.45, 2.75) is 37.0 Å². The van der Waals surface area contributed by atoms with E-state index in [9.17, 15) is 0 Å². The zero-order valence-electron chi connectivity index (χ0n) is 11.8. The van der Waals surface area contributed by atoms with Gasteiger partial charge in [0, 0.05) is 16.7 Å². The molecule has 2 unspecified atom stereocenters. The molecule has 3 nitrogen and oxygen atoms in total. The molecule has 20 heavy (non-hydrogen) atoms. The fourth-order valence-electron chi connectivity index (χ4n) is 3.05. The van der Waals surface area contributed by atoms with Gasteiger partial charge < -0.3 is 11.1 Å². The molecule has 1 saturated carbocycles. The van der Waals surface area contributed by atoms with E-state index in [-0.39, 0.29) is 0 Å². The number of anilines is 2. The van der Waals surface area contributed by atoms with E-state index in [1.165, 1.54) is 25.7 Å². The Morgan fingerprint density at radius 1 is 1.25 bits per heavy atom. The quantitative estimate of drug-likeness (QED) is 0.899. The summed E-state index contributed by atoms with van der Waals surface area (Å²) in [5.74, 6) is 0. The van der Waals surface area contributed by atoms with Gasteiger partial charge >= 0.3 is 0 Å². The third-order valence-corrected chi connectivity index (χ3v) is 5.31. The fraction of sp³-hybridized carbons (Fsp3) is 0.438. The molecule has 1 aliphatic carbocycles. The molecule has 1 aromatic carbocycles. The highest BCUT2D eigenvalue weighted by atomic mass is 32.2. The van der Waals surface area contributed by atoms with Crippen molar-refractivity contribution < 1.29 is 0 Å². The predicted octanol–water partition coefficient (Wildman–Crippen LogP) is 3.90. The first kappa shape index (κ1) is 13.6. The van der Waals surface area contributed by atoms with E-state index in [4.69, 9.17) is 5.73 Å². The lowest BCUT2D eigenvalue weighted by Crippen LogP contribution is -2.34. The van der Waals surface area contributed by atoms with Gasteiger partial charge in [0.05, 0.1) is 23.1 Å². The van der Waals surface area contributed by atoms with Crippen molar-refractivity contribution in [3.05, 3.63) is 30.5 Å². The summed E-state index contributed by atoms with van der Waals surface area (Å²) in [4.78, 5) is 4.40. The SMILES string of the molecule is CSC1CCCCC1Nc1c(N)cnc2ccccc12. The smallest absolute Gasteiger partial charge is 0.0743 e. The molecule has 0 spiro atoms. The Kier molecular flexibility index (Phi) is 4.01. The Morgan fingerprint density at radius 3 is 2.90 bits per heavy atom. The van der Waals surface area contributed by atoms with Crippen LogP contribution in [0.4, 0.5) is 11.4 Å². The number of thioether (sulfide) groups is 1. The van der Waals surface area contributed by atoms with Gasteiger partial charge in [-0.25, -0.2) is 0 Å². The minimum Gasteiger partial charge on any atom is -0.396 e. The number of hydrogen-bond donors (Lipinski definition) is 2. The molecule has 3 N–H and O–H groups in total. The lowest BCUT2D eigenvalue weighted by Gasteiger charge is -2.32. The highest BCUT2D eigenvalue weighted by molar-refractivity contribution is 7.99. The van der Waals surface area contributed by atoms with Gasteiger partial charge in [0.15, 0.2) is 0 Å². The maximum Gasteiger partial charge on any atom is 0.0743 e. The third kappa shape index (κ3) is 2.57. The first-order valence-corrected chi connectivity index (χ1v) is 8.51. The molecule has 1 aromatic heterocycles. The molecular formula is C16H21N3S. The molecule has 0 radical (unpaired) electrons. The highest BCUT2D eigenvalue weighted by Crippen LogP contribution is 2.34. The van der Waals surface area contributed by atoms with Gasteiger partial charge in [-0.2, -0.15) is 11.8 Å². The second-order valence-corrected chi connectivity index (χ2v) is 6.49. The minimum absolute atomic E-state index is 0.506. The van der Waals surface area contributed by atoms with Crippen molar-refractivity contribution >= 4 is 34.0 Å². The van der Waals surface area contributed by atoms with Gasteiger partial charge in [0.2, 0.25) is 0 Å². The van der Waals surface area contributed by atoms with Crippen molar-refractivity contribution in [1.29, 1.82) is 0 Å². The van der Waals surface area contributed by atoms with Crippen molar-refractivity contribution in [3.8, 4) is 0 Å². The van der Waals surface area contributed by atoms with Crippen molar-refractivity contribution in [2.75, 3.05) is 17.3 Å². The lowest BCUT2D eigenvalue weighted by atomic mass is 9.94. The maximum absolute atomic E-state index is 6.16. The van der Waals surface area contributed by atoms with Crippen LogP contribution in [0.5, 0.6) is 0 Å². The van der Waals surface area contributed by atoms with E-state index in [0.717, 1.165) is 22.3 Å². The number of para-hydroxylation sites is 1. The Bertz CT molecular complexity index is 599. The number of rotatable bonds is 3. The number of nitrogens with two attached hydrogens (primary N) is 1. The molecule has 1 aliphatic rings. The van der Waals surface area contributed by atoms with Crippen LogP contribution < -0.4 is 11.1 Å². The molecule has 0 amide bonds. The molecule has 0 aliphatic heterocycles. The second kappa shape index (κ2) is 5.92. The first-order chi connectivity index (χ1) is 9.79. The van der Waals surface area contributed by atoms with Gasteiger partial charge in [-0.15, -0.1) is 0 Å². The van der Waals surface area contributed by atoms with Crippen LogP contribution in [0.2, 0.25) is 0 Å². The van der Waals surface area contributed by atoms with E-state index < -0.39 is 0 Å². The highest BCUT2D eigenvalue weighted by Gasteiger charge is 2.25. The van der Waals surface area contributed by atoms with E-state index in [1.807, 2.05) is 30.0 Å². The summed E-state index contributed by atoms with van der Waals surface area (Å²) in [5.41, 5.74) is 8.96. The van der Waals surface area contributed by atoms with E-state index in [2.05, 4.69) is 22.6 Å². The zero-order valence-corrected chi connectivity index (χ0v) is 12.6. The standard InChI is InChI=1S/C16H21N3S/c1-20-15-9-5-4-8-14(15)19-16-11-6-2-3-7-13(11)18-10-12(16)17/h2-3,6-7,10,14-15H,4-5,8-9,17H2,1H3,(H,18,19). The van der Waals surface area contributed by atoms with Gasteiger partial charge in [0.25, 0.3) is 0 Å². The van der Waals surface area contributed by atoms with Crippen LogP contribution in [0.25, 0.3) is 10.9 Å². The van der Waals surface area contributed by atoms with Gasteiger partial charge in [-0.3, -0.25) is 4.98 Å². The van der Waals surface area contributed by atoms with Crippen LogP contribution in [0.15, 0.2) is 30.5 Å². The number of benzene rings is 1. The molecule has 1 fully saturated rings. The summed E-state index contributed by atoms with van der Waals surface area (Å²) in [7, 11) is 0. The van der Waals surface area contributed by atoms with E-state index >= 15 is 0 Å². The zero-order chi connectivity index (χ0) is 13.9. The number of nitrogen functional groups attached to an aromatic ring is 1. The molecule has 4 heteroatoms. The monoisotopic (exact) mass is 287 g/mol. The van der Waals surface area contributed by atoms with Gasteiger partial charge in [0.1, 0.15) is 0 Å². The average molecular weight is 287 g/mol. The largest absolute Gasteiger partial charge is 0.396 e. The lowest BCUT2D eigenvalue weighted by molar-refractivity contribution is 0.475. The fourth-order valence-corrected chi connectivity index (χ4v) is 3.98. The number of nitrogens with zero attached hydrogens (tertiary/aromatic N) is 1. The Morgan fingerprint density at radius 2 is 2.05 bits per heavy atom. The summed E-state index contributed by atoms with van der Waals surface area (Å²) in [6.07, 6.45) is 9.14. The van der Waals surface area contributed by atoms with Crippen molar-refractivity contribution in [2.24, 2.45) is 0 Å². The number of aromatic nitrogens is 1. The number of pyridine rings is 1. The molecule has 1 heterocycles. The summed E-state index contributed by atoms with van der Waals surface area (Å²) >= 11 is 1.97. The van der Waals surface area contributed by atoms with Crippen molar-refractivity contribution in [3.63, 3.8) is 0 Å². The summed E-state index contributed by atoms with van der Waals surface area (Å²) < 4.78 is 0. The number of hydrogen-bond acceptors (Lipinski definition) is 4. The third-order valence-electron chi connectivity index (χ3n) is 4.14. The number of fused-ring (bicyclic) bond motifs is 1. The van der Waals surface area contributed by atoms with Crippen LogP contribution in [0.3, 0.4) is 0 Å². The van der Waals surface area contributed by atoms with E-state index in [1.54, 1.807) is 6.20 Å². The molecule has 0 bridgehead atoms. The normalized spacial score (nSPS) is 22.9. The van der Waals surface area contributed by atoms with Crippen molar-refractivity contribution in [1.82, 2.24) is 4.98 Å². The molecule has 3 rings (SSSR count). The van der Waals surface area contributed by atoms with E-state index in [0.29, 0.717) is 11.3 Å². The van der Waals surface area contributed by atoms with Crippen LogP contribution in [0.1, 0.15) is 25.7 Å². The van der Waals surface area contributed by atoms with Crippen LogP contribution in [-0.4, -0.2) is 22.5 Å². The Labute approximate surface area is 124 Å². The first-order valence-electron chi connectivity index (χ1n) is 7.22. The molecule has 106 valence electrons. The molecule has 2 aromatic rings. The summed E-state index contributed by atoms with van der Waals surface area (Å²) in [6, 6.07) is 8.69. The minimum atomic E-state index is 0.506. The van der Waals surface area contributed by atoms with Crippen LogP contribution in [0, 0.1) is 0 Å². The second-order valence-electron chi connectivity index (χ2n) is 5.42. The van der Waals surface area contributed by atoms with Gasteiger partial charge in [-0.05, 0) is 25.2 Å². The predicted molar refractivity (Wildman–Crippen MR) is 89.3 cm³/mol. The maximum atomic E-state index is 6.16. The molecule has 0 saturated heterocycles. The molecular weight excluding hydrogens is 266 g/mol. The summed E-state index contributed by atoms with van der Waals surface area (Å²) in [5, 5.41) is 5.51. The van der Waals surface area contributed by atoms with Crippen LogP contribution in [-0.2, 0) is 0 Å². The Balaban J connectivity index is 1.95. The van der Waals surface area contributed by atoms with Gasteiger partial charge in [-0.1, -0.05) is 31.0 Å². The summed E-state index contributed by atoms with van der Waals surface area (Å²) in [6.45, 7) is 0. The van der Waals surface area contributed by atoms with Crippen LogP contribution >= 0.6 is 11.8 Å².